The van der Waals surface area contributed by atoms with Gasteiger partial charge in [0.2, 0.25) is 0 Å². The maximum Gasteiger partial charge on any atom is 0.270 e. The molecule has 1 fully saturated rings. The number of carbonyl (C=O) groups excluding carboxylic acids is 2. The Labute approximate surface area is 212 Å². The topological polar surface area (TPSA) is 58.6 Å². The Bertz CT molecular complexity index is 1260. The van der Waals surface area contributed by atoms with Crippen LogP contribution < -0.4 is 15.0 Å². The summed E-state index contributed by atoms with van der Waals surface area (Å²) in [6, 6.07) is 21.9. The lowest BCUT2D eigenvalue weighted by Gasteiger charge is -2.14. The van der Waals surface area contributed by atoms with E-state index in [0.717, 1.165) is 17.7 Å². The molecule has 1 heterocycles. The van der Waals surface area contributed by atoms with Gasteiger partial charge in [-0.15, -0.1) is 0 Å². The normalized spacial score (nSPS) is 14.5. The Kier molecular flexibility index (Phi) is 7.67. The molecule has 8 heteroatoms. The molecule has 1 saturated heterocycles. The zero-order valence-electron chi connectivity index (χ0n) is 18.3. The van der Waals surface area contributed by atoms with Crippen LogP contribution in [0, 0.1) is 0 Å². The van der Waals surface area contributed by atoms with Crippen LogP contribution in [0.4, 0.5) is 11.4 Å². The van der Waals surface area contributed by atoms with E-state index in [1.54, 1.807) is 42.5 Å². The minimum Gasteiger partial charge on any atom is -0.484 e. The van der Waals surface area contributed by atoms with Gasteiger partial charge in [0.05, 0.1) is 10.6 Å². The number of nitrogens with zero attached hydrogens (tertiary/aromatic N) is 1. The Hall–Kier alpha value is -3.13. The van der Waals surface area contributed by atoms with Gasteiger partial charge < -0.3 is 10.1 Å². The number of benzene rings is 3. The van der Waals surface area contributed by atoms with E-state index in [9.17, 15) is 9.59 Å². The molecular weight excluding hydrogens is 488 g/mol. The molecular formula is C26H21ClN2O3S2. The summed E-state index contributed by atoms with van der Waals surface area (Å²) in [7, 11) is 0. The highest BCUT2D eigenvalue weighted by molar-refractivity contribution is 8.27. The first-order chi connectivity index (χ1) is 16.4. The van der Waals surface area contributed by atoms with Crippen molar-refractivity contribution >= 4 is 69.2 Å². The first-order valence-corrected chi connectivity index (χ1v) is 12.2. The van der Waals surface area contributed by atoms with E-state index in [1.807, 2.05) is 36.4 Å². The Morgan fingerprint density at radius 3 is 2.56 bits per heavy atom. The van der Waals surface area contributed by atoms with Crippen molar-refractivity contribution in [2.75, 3.05) is 16.8 Å². The van der Waals surface area contributed by atoms with Crippen molar-refractivity contribution in [3.8, 4) is 5.75 Å². The van der Waals surface area contributed by atoms with Gasteiger partial charge in [0, 0.05) is 10.7 Å². The van der Waals surface area contributed by atoms with E-state index < -0.39 is 0 Å². The molecule has 1 N–H and O–H groups in total. The number of anilines is 2. The highest BCUT2D eigenvalue weighted by atomic mass is 35.5. The maximum absolute atomic E-state index is 13.0. The molecule has 0 saturated carbocycles. The van der Waals surface area contributed by atoms with E-state index in [0.29, 0.717) is 25.7 Å². The number of hydrogen-bond acceptors (Lipinski definition) is 5. The molecule has 0 radical (unpaired) electrons. The number of thiocarbonyl (C=S) groups is 1. The largest absolute Gasteiger partial charge is 0.484 e. The third-order valence-electron chi connectivity index (χ3n) is 5.05. The fraction of sp³-hybridized carbons (Fsp3) is 0.115. The lowest BCUT2D eigenvalue weighted by atomic mass is 10.1. The number of aryl methyl sites for hydroxylation is 1. The fourth-order valence-electron chi connectivity index (χ4n) is 3.30. The minimum atomic E-state index is -0.251. The van der Waals surface area contributed by atoms with Gasteiger partial charge in [-0.3, -0.25) is 14.5 Å². The average molecular weight is 509 g/mol. The van der Waals surface area contributed by atoms with Gasteiger partial charge in [-0.1, -0.05) is 66.8 Å². The van der Waals surface area contributed by atoms with Gasteiger partial charge in [-0.25, -0.2) is 0 Å². The summed E-state index contributed by atoms with van der Waals surface area (Å²) in [5.74, 6) is 0.0778. The van der Waals surface area contributed by atoms with Gasteiger partial charge in [0.25, 0.3) is 11.8 Å². The summed E-state index contributed by atoms with van der Waals surface area (Å²) in [6.07, 6.45) is 2.70. The van der Waals surface area contributed by atoms with E-state index in [-0.39, 0.29) is 18.4 Å². The molecule has 1 aliphatic rings. The molecule has 3 aromatic carbocycles. The molecule has 5 nitrogen and oxygen atoms in total. The molecule has 0 unspecified atom stereocenters. The predicted molar refractivity (Wildman–Crippen MR) is 143 cm³/mol. The van der Waals surface area contributed by atoms with Crippen molar-refractivity contribution in [2.45, 2.75) is 13.3 Å². The first kappa shape index (κ1) is 24.0. The van der Waals surface area contributed by atoms with E-state index in [2.05, 4.69) is 12.2 Å². The number of thioether (sulfide) groups is 1. The van der Waals surface area contributed by atoms with Crippen LogP contribution in [-0.4, -0.2) is 22.7 Å². The highest BCUT2D eigenvalue weighted by Crippen LogP contribution is 2.36. The second-order valence-corrected chi connectivity index (χ2v) is 9.57. The smallest absolute Gasteiger partial charge is 0.270 e. The van der Waals surface area contributed by atoms with E-state index in [1.165, 1.54) is 22.2 Å². The Morgan fingerprint density at radius 2 is 1.85 bits per heavy atom. The summed E-state index contributed by atoms with van der Waals surface area (Å²) < 4.78 is 6.11. The fourth-order valence-corrected chi connectivity index (χ4v) is 4.72. The molecule has 0 atom stereocenters. The standard InChI is InChI=1S/C26H21ClN2O3S2/c1-2-17-6-10-20(11-7-17)28-24(30)16-32-22-5-3-4-18(14-22)15-23-25(31)29(26(33)34-23)21-12-8-19(27)9-13-21/h3-15H,2,16H2,1H3,(H,28,30)/b23-15-. The number of amides is 2. The van der Waals surface area contributed by atoms with Crippen LogP contribution in [0.25, 0.3) is 6.08 Å². The zero-order valence-corrected chi connectivity index (χ0v) is 20.7. The van der Waals surface area contributed by atoms with Crippen LogP contribution in [-0.2, 0) is 16.0 Å². The van der Waals surface area contributed by atoms with Gasteiger partial charge in [-0.05, 0) is 72.2 Å². The molecule has 34 heavy (non-hydrogen) atoms. The van der Waals surface area contributed by atoms with Crippen LogP contribution in [0.5, 0.6) is 5.75 Å². The van der Waals surface area contributed by atoms with Crippen molar-refractivity contribution in [3.63, 3.8) is 0 Å². The molecule has 0 aliphatic carbocycles. The molecule has 3 aromatic rings. The number of carbonyl (C=O) groups is 2. The van der Waals surface area contributed by atoms with Crippen LogP contribution in [0.2, 0.25) is 5.02 Å². The number of hydrogen-bond donors (Lipinski definition) is 1. The highest BCUT2D eigenvalue weighted by Gasteiger charge is 2.33. The molecule has 0 bridgehead atoms. The van der Waals surface area contributed by atoms with Gasteiger partial charge in [0.1, 0.15) is 5.75 Å². The SMILES string of the molecule is CCc1ccc(NC(=O)COc2cccc(/C=C3\SC(=S)N(c4ccc(Cl)cc4)C3=O)c2)cc1. The number of rotatable bonds is 7. The third-order valence-corrected chi connectivity index (χ3v) is 6.60. The van der Waals surface area contributed by atoms with Crippen molar-refractivity contribution in [1.29, 1.82) is 0 Å². The Morgan fingerprint density at radius 1 is 1.12 bits per heavy atom. The second kappa shape index (κ2) is 10.9. The second-order valence-electron chi connectivity index (χ2n) is 7.45. The van der Waals surface area contributed by atoms with Crippen molar-refractivity contribution in [3.05, 3.63) is 93.9 Å². The quantitative estimate of drug-likeness (QED) is 0.298. The van der Waals surface area contributed by atoms with Gasteiger partial charge in [-0.2, -0.15) is 0 Å². The molecule has 172 valence electrons. The minimum absolute atomic E-state index is 0.127. The summed E-state index contributed by atoms with van der Waals surface area (Å²) in [6.45, 7) is 1.95. The number of halogens is 1. The average Bonchev–Trinajstić information content (AvgIpc) is 3.11. The lowest BCUT2D eigenvalue weighted by Crippen LogP contribution is -2.27. The third kappa shape index (κ3) is 5.86. The van der Waals surface area contributed by atoms with Crippen molar-refractivity contribution in [2.24, 2.45) is 0 Å². The Balaban J connectivity index is 1.40. The van der Waals surface area contributed by atoms with E-state index >= 15 is 0 Å². The molecule has 0 spiro atoms. The summed E-state index contributed by atoms with van der Waals surface area (Å²) in [4.78, 5) is 27.2. The summed E-state index contributed by atoms with van der Waals surface area (Å²) in [5, 5.41) is 3.41. The summed E-state index contributed by atoms with van der Waals surface area (Å²) in [5.41, 5.74) is 3.37. The lowest BCUT2D eigenvalue weighted by molar-refractivity contribution is -0.118. The van der Waals surface area contributed by atoms with Crippen LogP contribution in [0.1, 0.15) is 18.1 Å². The van der Waals surface area contributed by atoms with Crippen LogP contribution in [0.15, 0.2) is 77.7 Å². The molecule has 1 aliphatic heterocycles. The molecule has 0 aromatic heterocycles. The van der Waals surface area contributed by atoms with Crippen molar-refractivity contribution in [1.82, 2.24) is 0 Å². The monoisotopic (exact) mass is 508 g/mol. The van der Waals surface area contributed by atoms with Gasteiger partial charge in [0.15, 0.2) is 10.9 Å². The zero-order chi connectivity index (χ0) is 24.1. The van der Waals surface area contributed by atoms with Crippen LogP contribution >= 0.6 is 35.6 Å². The molecule has 4 rings (SSSR count). The maximum atomic E-state index is 13.0. The predicted octanol–water partition coefficient (Wildman–Crippen LogP) is 6.33. The van der Waals surface area contributed by atoms with E-state index in [4.69, 9.17) is 28.6 Å². The summed E-state index contributed by atoms with van der Waals surface area (Å²) >= 11 is 12.6. The molecule has 2 amide bonds. The number of nitrogens with one attached hydrogen (secondary N) is 1. The van der Waals surface area contributed by atoms with Crippen LogP contribution in [0.3, 0.4) is 0 Å². The first-order valence-electron chi connectivity index (χ1n) is 10.6. The van der Waals surface area contributed by atoms with Gasteiger partial charge >= 0.3 is 0 Å². The number of ether oxygens (including phenoxy) is 1. The van der Waals surface area contributed by atoms with Crippen molar-refractivity contribution < 1.29 is 14.3 Å².